The smallest absolute Gasteiger partial charge is 0.253 e. The molecule has 3 aliphatic heterocycles. The number of likely N-dealkylation sites (tertiary alicyclic amines) is 1. The van der Waals surface area contributed by atoms with Crippen molar-refractivity contribution in [3.63, 3.8) is 0 Å². The number of piperidine rings is 1. The number of ether oxygens (including phenoxy) is 2. The minimum Gasteiger partial charge on any atom is -0.486 e. The van der Waals surface area contributed by atoms with Crippen molar-refractivity contribution in [1.82, 2.24) is 30.5 Å². The Morgan fingerprint density at radius 3 is 2.59 bits per heavy atom. The summed E-state index contributed by atoms with van der Waals surface area (Å²) in [5.41, 5.74) is 1.37. The van der Waals surface area contributed by atoms with Crippen molar-refractivity contribution in [3.05, 3.63) is 71.5 Å². The third-order valence-electron chi connectivity index (χ3n) is 8.15. The topological polar surface area (TPSA) is 128 Å². The van der Waals surface area contributed by atoms with Gasteiger partial charge in [0.2, 0.25) is 11.8 Å². The first-order valence-corrected chi connectivity index (χ1v) is 14.2. The van der Waals surface area contributed by atoms with Gasteiger partial charge in [0.25, 0.3) is 5.91 Å². The lowest BCUT2D eigenvalue weighted by Crippen LogP contribution is -2.56. The highest BCUT2D eigenvalue weighted by Crippen LogP contribution is 2.37. The second-order valence-electron chi connectivity index (χ2n) is 10.9. The van der Waals surface area contributed by atoms with Crippen molar-refractivity contribution in [3.8, 4) is 11.5 Å². The summed E-state index contributed by atoms with van der Waals surface area (Å²) >= 11 is 0. The van der Waals surface area contributed by atoms with Gasteiger partial charge in [0.05, 0.1) is 11.1 Å². The van der Waals surface area contributed by atoms with Gasteiger partial charge in [0, 0.05) is 50.8 Å². The quantitative estimate of drug-likeness (QED) is 0.502. The molecule has 1 saturated heterocycles. The highest BCUT2D eigenvalue weighted by molar-refractivity contribution is 5.95. The molecule has 0 unspecified atom stereocenters. The number of aromatic nitrogens is 3. The minimum atomic E-state index is -0.840. The summed E-state index contributed by atoms with van der Waals surface area (Å²) in [5.74, 6) is 0.674. The number of benzene rings is 2. The average molecular weight is 559 g/mol. The largest absolute Gasteiger partial charge is 0.486 e. The van der Waals surface area contributed by atoms with Gasteiger partial charge in [-0.3, -0.25) is 19.1 Å². The summed E-state index contributed by atoms with van der Waals surface area (Å²) in [5, 5.41) is 14.6. The van der Waals surface area contributed by atoms with E-state index >= 15 is 0 Å². The highest BCUT2D eigenvalue weighted by Gasteiger charge is 2.44. The van der Waals surface area contributed by atoms with Gasteiger partial charge in [0.15, 0.2) is 11.5 Å². The maximum Gasteiger partial charge on any atom is 0.253 e. The zero-order valence-electron chi connectivity index (χ0n) is 22.9. The van der Waals surface area contributed by atoms with Gasteiger partial charge >= 0.3 is 0 Å². The zero-order valence-corrected chi connectivity index (χ0v) is 22.9. The third kappa shape index (κ3) is 5.89. The molecular weight excluding hydrogens is 524 g/mol. The summed E-state index contributed by atoms with van der Waals surface area (Å²) in [6.45, 7) is 2.80. The number of carbonyl (C=O) groups is 3. The van der Waals surface area contributed by atoms with Crippen LogP contribution < -0.4 is 20.1 Å². The van der Waals surface area contributed by atoms with E-state index in [1.807, 2.05) is 36.5 Å². The molecule has 3 aliphatic rings. The van der Waals surface area contributed by atoms with Crippen LogP contribution in [0.25, 0.3) is 0 Å². The van der Waals surface area contributed by atoms with Crippen LogP contribution in [0.5, 0.6) is 11.5 Å². The number of carbonyl (C=O) groups excluding carboxylic acids is 3. The summed E-state index contributed by atoms with van der Waals surface area (Å²) in [6.07, 6.45) is 4.21. The zero-order chi connectivity index (χ0) is 28.2. The monoisotopic (exact) mass is 558 g/mol. The van der Waals surface area contributed by atoms with Crippen molar-refractivity contribution in [2.45, 2.75) is 44.7 Å². The molecule has 2 aromatic carbocycles. The first-order valence-electron chi connectivity index (χ1n) is 14.2. The fourth-order valence-corrected chi connectivity index (χ4v) is 5.80. The van der Waals surface area contributed by atoms with Crippen LogP contribution in [0.15, 0.2) is 54.7 Å². The number of aryl methyl sites for hydroxylation is 1. The molecule has 3 amide bonds. The van der Waals surface area contributed by atoms with Crippen molar-refractivity contribution >= 4 is 17.7 Å². The van der Waals surface area contributed by atoms with Gasteiger partial charge in [-0.15, -0.1) is 5.10 Å². The van der Waals surface area contributed by atoms with E-state index in [0.29, 0.717) is 88.6 Å². The van der Waals surface area contributed by atoms with E-state index in [-0.39, 0.29) is 17.7 Å². The summed E-state index contributed by atoms with van der Waals surface area (Å²) < 4.78 is 13.0. The van der Waals surface area contributed by atoms with Crippen molar-refractivity contribution in [1.29, 1.82) is 0 Å². The Balaban J connectivity index is 1.23. The van der Waals surface area contributed by atoms with E-state index in [2.05, 4.69) is 20.9 Å². The molecule has 0 aliphatic carbocycles. The fraction of sp³-hybridized carbons (Fsp3) is 0.433. The molecule has 0 radical (unpaired) electrons. The first kappa shape index (κ1) is 26.8. The van der Waals surface area contributed by atoms with Crippen LogP contribution in [0.2, 0.25) is 0 Å². The molecule has 4 heterocycles. The van der Waals surface area contributed by atoms with Crippen molar-refractivity contribution in [2.24, 2.45) is 5.41 Å². The second-order valence-corrected chi connectivity index (χ2v) is 10.9. The van der Waals surface area contributed by atoms with Crippen molar-refractivity contribution < 1.29 is 23.9 Å². The number of rotatable bonds is 3. The predicted molar refractivity (Wildman–Crippen MR) is 148 cm³/mol. The van der Waals surface area contributed by atoms with Crippen LogP contribution in [-0.2, 0) is 29.0 Å². The lowest BCUT2D eigenvalue weighted by Gasteiger charge is -2.41. The third-order valence-corrected chi connectivity index (χ3v) is 8.15. The molecule has 2 bridgehead atoms. The highest BCUT2D eigenvalue weighted by atomic mass is 16.6. The first-order chi connectivity index (χ1) is 20.0. The number of nitrogens with zero attached hydrogens (tertiary/aromatic N) is 4. The van der Waals surface area contributed by atoms with Gasteiger partial charge < -0.3 is 25.0 Å². The molecule has 3 aromatic rings. The van der Waals surface area contributed by atoms with Crippen LogP contribution in [0.4, 0.5) is 0 Å². The number of fused-ring (bicyclic) bond motifs is 3. The van der Waals surface area contributed by atoms with E-state index in [9.17, 15) is 14.4 Å². The molecule has 214 valence electrons. The minimum absolute atomic E-state index is 0.117. The maximum absolute atomic E-state index is 14.1. The normalized spacial score (nSPS) is 20.7. The van der Waals surface area contributed by atoms with E-state index in [1.165, 1.54) is 0 Å². The Bertz CT molecular complexity index is 1420. The molecule has 1 aromatic heterocycles. The van der Waals surface area contributed by atoms with Gasteiger partial charge in [0.1, 0.15) is 19.3 Å². The molecule has 1 spiro atoms. The fourth-order valence-electron chi connectivity index (χ4n) is 5.80. The van der Waals surface area contributed by atoms with Crippen LogP contribution >= 0.6 is 0 Å². The Labute approximate surface area is 238 Å². The standard InChI is InChI=1S/C30H34N6O5/c37-27-24(17-21-5-2-1-3-6-21)32-29(39)30(19-23-20-36(34-33-23)12-4-11-31-27)9-13-35(14-10-30)28(38)22-7-8-25-26(18-22)41-16-15-40-25/h1-3,5-8,18,20,24H,4,9-17,19H2,(H,31,37)(H,32,39)/t24-/m0/s1. The van der Waals surface area contributed by atoms with Crippen LogP contribution in [-0.4, -0.2) is 76.5 Å². The molecular formula is C30H34N6O5. The molecule has 2 N–H and O–H groups in total. The molecule has 11 heteroatoms. The predicted octanol–water partition coefficient (Wildman–Crippen LogP) is 1.76. The lowest BCUT2D eigenvalue weighted by atomic mass is 9.73. The van der Waals surface area contributed by atoms with E-state index in [1.54, 1.807) is 27.8 Å². The van der Waals surface area contributed by atoms with Crippen molar-refractivity contribution in [2.75, 3.05) is 32.8 Å². The molecule has 6 rings (SSSR count). The van der Waals surface area contributed by atoms with Crippen LogP contribution in [0.1, 0.15) is 40.9 Å². The molecule has 1 atom stereocenters. The van der Waals surface area contributed by atoms with Crippen LogP contribution in [0, 0.1) is 5.41 Å². The molecule has 0 saturated carbocycles. The summed E-state index contributed by atoms with van der Waals surface area (Å²) in [7, 11) is 0. The van der Waals surface area contributed by atoms with E-state index in [4.69, 9.17) is 9.47 Å². The molecule has 41 heavy (non-hydrogen) atoms. The van der Waals surface area contributed by atoms with E-state index < -0.39 is 11.5 Å². The van der Waals surface area contributed by atoms with Gasteiger partial charge in [-0.1, -0.05) is 35.5 Å². The Hall–Kier alpha value is -4.41. The Morgan fingerprint density at radius 1 is 1.00 bits per heavy atom. The lowest BCUT2D eigenvalue weighted by molar-refractivity contribution is -0.137. The SMILES string of the molecule is O=C1NCCCn2cc(nn2)CC2(CCN(C(=O)c3ccc4c(c3)OCCO4)CC2)C(=O)N[C@H]1Cc1ccccc1. The van der Waals surface area contributed by atoms with Crippen LogP contribution in [0.3, 0.4) is 0 Å². The number of nitrogens with one attached hydrogen (secondary N) is 2. The molecule has 1 fully saturated rings. The second kappa shape index (κ2) is 11.6. The van der Waals surface area contributed by atoms with Gasteiger partial charge in [-0.2, -0.15) is 0 Å². The Kier molecular flexibility index (Phi) is 7.58. The van der Waals surface area contributed by atoms with Gasteiger partial charge in [-0.05, 0) is 43.0 Å². The number of hydrogen-bond donors (Lipinski definition) is 2. The van der Waals surface area contributed by atoms with Gasteiger partial charge in [-0.25, -0.2) is 0 Å². The Morgan fingerprint density at radius 2 is 1.78 bits per heavy atom. The van der Waals surface area contributed by atoms with E-state index in [0.717, 1.165) is 11.3 Å². The maximum atomic E-state index is 14.1. The average Bonchev–Trinajstić information content (AvgIpc) is 3.45. The number of amides is 3. The summed E-state index contributed by atoms with van der Waals surface area (Å²) in [6, 6.07) is 14.2. The molecule has 11 nitrogen and oxygen atoms in total. The number of hydrogen-bond acceptors (Lipinski definition) is 7. The summed E-state index contributed by atoms with van der Waals surface area (Å²) in [4.78, 5) is 42.5.